The molecule has 1 aliphatic carbocycles. The van der Waals surface area contributed by atoms with Crippen LogP contribution >= 0.6 is 0 Å². The third-order valence-electron chi connectivity index (χ3n) is 5.62. The molecule has 1 aromatic carbocycles. The molecule has 1 saturated carbocycles. The Morgan fingerprint density at radius 2 is 1.57 bits per heavy atom. The van der Waals surface area contributed by atoms with E-state index < -0.39 is 0 Å². The van der Waals surface area contributed by atoms with E-state index in [1.54, 1.807) is 5.56 Å². The van der Waals surface area contributed by atoms with Gasteiger partial charge < -0.3 is 4.48 Å². The Hall–Kier alpha value is -0.860. The van der Waals surface area contributed by atoms with Crippen LogP contribution in [0.25, 0.3) is 0 Å². The average molecular weight is 287 g/mol. The van der Waals surface area contributed by atoms with Crippen LogP contribution in [0.4, 0.5) is 0 Å². The lowest BCUT2D eigenvalue weighted by molar-refractivity contribution is -0.894. The van der Waals surface area contributed by atoms with E-state index in [-0.39, 0.29) is 0 Å². The van der Waals surface area contributed by atoms with Crippen LogP contribution in [0.3, 0.4) is 0 Å². The van der Waals surface area contributed by atoms with Crippen LogP contribution in [-0.4, -0.2) is 49.7 Å². The highest BCUT2D eigenvalue weighted by molar-refractivity contribution is 5.20. The summed E-state index contributed by atoms with van der Waals surface area (Å²) >= 11 is 0. The monoisotopic (exact) mass is 287 g/mol. The van der Waals surface area contributed by atoms with E-state index in [9.17, 15) is 0 Å². The predicted octanol–water partition coefficient (Wildman–Crippen LogP) is 3.70. The minimum absolute atomic E-state index is 0.659. The molecule has 1 saturated heterocycles. The van der Waals surface area contributed by atoms with E-state index in [4.69, 9.17) is 0 Å². The molecule has 21 heavy (non-hydrogen) atoms. The number of quaternary nitrogens is 1. The van der Waals surface area contributed by atoms with Gasteiger partial charge in [-0.2, -0.15) is 0 Å². The molecule has 2 heteroatoms. The lowest BCUT2D eigenvalue weighted by Crippen LogP contribution is -2.56. The van der Waals surface area contributed by atoms with E-state index in [1.165, 1.54) is 62.8 Å². The highest BCUT2D eigenvalue weighted by Crippen LogP contribution is 2.38. The number of likely N-dealkylation sites (N-methyl/N-ethyl adjacent to an activating group) is 1. The molecule has 116 valence electrons. The Labute approximate surface area is 130 Å². The van der Waals surface area contributed by atoms with Crippen LogP contribution in [0.15, 0.2) is 30.3 Å². The van der Waals surface area contributed by atoms with E-state index in [0.29, 0.717) is 6.04 Å². The van der Waals surface area contributed by atoms with Crippen LogP contribution < -0.4 is 0 Å². The summed E-state index contributed by atoms with van der Waals surface area (Å²) in [5, 5.41) is 0. The lowest BCUT2D eigenvalue weighted by atomic mass is 9.80. The van der Waals surface area contributed by atoms with Gasteiger partial charge in [-0.3, -0.25) is 4.90 Å². The standard InChI is InChI=1S/C19H31N2/c1-21(2)15-13-20(14-16-21)19(17-9-5-3-6-10-17)18-11-7-4-8-12-18/h3,5-6,9-10,18-19H,4,7-8,11-16H2,1-2H3/q+1. The highest BCUT2D eigenvalue weighted by atomic mass is 15.4. The first-order valence-corrected chi connectivity index (χ1v) is 8.77. The van der Waals surface area contributed by atoms with Gasteiger partial charge in [-0.05, 0) is 24.3 Å². The molecule has 2 fully saturated rings. The van der Waals surface area contributed by atoms with Crippen LogP contribution in [0.2, 0.25) is 0 Å². The van der Waals surface area contributed by atoms with Crippen LogP contribution in [0.1, 0.15) is 43.7 Å². The molecular formula is C19H31N2+. The minimum Gasteiger partial charge on any atom is -0.326 e. The summed E-state index contributed by atoms with van der Waals surface area (Å²) in [6.07, 6.45) is 7.16. The summed E-state index contributed by atoms with van der Waals surface area (Å²) < 4.78 is 1.18. The molecule has 2 nitrogen and oxygen atoms in total. The minimum atomic E-state index is 0.659. The van der Waals surface area contributed by atoms with Gasteiger partial charge in [0.05, 0.1) is 27.2 Å². The lowest BCUT2D eigenvalue weighted by Gasteiger charge is -2.45. The van der Waals surface area contributed by atoms with Gasteiger partial charge in [0.1, 0.15) is 0 Å². The highest BCUT2D eigenvalue weighted by Gasteiger charge is 2.34. The van der Waals surface area contributed by atoms with Gasteiger partial charge in [0.2, 0.25) is 0 Å². The smallest absolute Gasteiger partial charge is 0.0912 e. The van der Waals surface area contributed by atoms with Crippen LogP contribution in [0.5, 0.6) is 0 Å². The molecule has 1 aromatic rings. The van der Waals surface area contributed by atoms with Gasteiger partial charge in [-0.25, -0.2) is 0 Å². The molecule has 0 amide bonds. The van der Waals surface area contributed by atoms with Crippen molar-refractivity contribution in [3.63, 3.8) is 0 Å². The molecule has 1 heterocycles. The number of nitrogens with zero attached hydrogens (tertiary/aromatic N) is 2. The molecule has 0 bridgehead atoms. The second kappa shape index (κ2) is 6.50. The normalized spacial score (nSPS) is 25.6. The molecule has 0 N–H and O–H groups in total. The largest absolute Gasteiger partial charge is 0.326 e. The fourth-order valence-electron chi connectivity index (χ4n) is 4.18. The van der Waals surface area contributed by atoms with Gasteiger partial charge in [0, 0.05) is 19.1 Å². The number of benzene rings is 1. The zero-order valence-electron chi connectivity index (χ0n) is 13.8. The van der Waals surface area contributed by atoms with Crippen molar-refractivity contribution in [3.05, 3.63) is 35.9 Å². The zero-order valence-corrected chi connectivity index (χ0v) is 13.8. The molecule has 0 radical (unpaired) electrons. The van der Waals surface area contributed by atoms with Gasteiger partial charge >= 0.3 is 0 Å². The third kappa shape index (κ3) is 3.67. The summed E-state index contributed by atoms with van der Waals surface area (Å²) in [5.41, 5.74) is 1.55. The maximum absolute atomic E-state index is 2.79. The van der Waals surface area contributed by atoms with Crippen molar-refractivity contribution in [2.45, 2.75) is 38.1 Å². The predicted molar refractivity (Wildman–Crippen MR) is 89.2 cm³/mol. The summed E-state index contributed by atoms with van der Waals surface area (Å²) in [6, 6.07) is 12.0. The van der Waals surface area contributed by atoms with Crippen LogP contribution in [-0.2, 0) is 0 Å². The van der Waals surface area contributed by atoms with Crippen molar-refractivity contribution in [3.8, 4) is 0 Å². The topological polar surface area (TPSA) is 3.24 Å². The summed E-state index contributed by atoms with van der Waals surface area (Å²) in [6.45, 7) is 5.08. The maximum Gasteiger partial charge on any atom is 0.0912 e. The molecule has 1 unspecified atom stereocenters. The maximum atomic E-state index is 2.79. The fourth-order valence-corrected chi connectivity index (χ4v) is 4.18. The summed E-state index contributed by atoms with van der Waals surface area (Å²) in [4.78, 5) is 2.79. The van der Waals surface area contributed by atoms with Gasteiger partial charge in [-0.15, -0.1) is 0 Å². The molecule has 1 aliphatic heterocycles. The Morgan fingerprint density at radius 3 is 2.19 bits per heavy atom. The number of rotatable bonds is 3. The van der Waals surface area contributed by atoms with Crippen molar-refractivity contribution >= 4 is 0 Å². The quantitative estimate of drug-likeness (QED) is 0.766. The van der Waals surface area contributed by atoms with E-state index in [2.05, 4.69) is 49.3 Å². The Bertz CT molecular complexity index is 424. The molecule has 1 atom stereocenters. The second-order valence-electron chi connectivity index (χ2n) is 7.67. The summed E-state index contributed by atoms with van der Waals surface area (Å²) in [7, 11) is 4.74. The first-order chi connectivity index (χ1) is 10.2. The molecular weight excluding hydrogens is 256 g/mol. The number of hydrogen-bond donors (Lipinski definition) is 0. The number of hydrogen-bond acceptors (Lipinski definition) is 1. The van der Waals surface area contributed by atoms with Gasteiger partial charge in [0.15, 0.2) is 0 Å². The Kier molecular flexibility index (Phi) is 4.66. The van der Waals surface area contributed by atoms with Crippen molar-refractivity contribution in [2.75, 3.05) is 40.3 Å². The Balaban J connectivity index is 1.79. The van der Waals surface area contributed by atoms with E-state index in [0.717, 1.165) is 5.92 Å². The van der Waals surface area contributed by atoms with E-state index in [1.807, 2.05) is 0 Å². The van der Waals surface area contributed by atoms with Gasteiger partial charge in [0.25, 0.3) is 0 Å². The first-order valence-electron chi connectivity index (χ1n) is 8.77. The van der Waals surface area contributed by atoms with Gasteiger partial charge in [-0.1, -0.05) is 49.6 Å². The second-order valence-corrected chi connectivity index (χ2v) is 7.67. The van der Waals surface area contributed by atoms with Crippen molar-refractivity contribution in [1.82, 2.24) is 4.90 Å². The molecule has 2 aliphatic rings. The molecule has 0 aromatic heterocycles. The fraction of sp³-hybridized carbons (Fsp3) is 0.684. The SMILES string of the molecule is C[N+]1(C)CCN(C(c2ccccc2)C2CCCCC2)CC1. The Morgan fingerprint density at radius 1 is 0.952 bits per heavy atom. The van der Waals surface area contributed by atoms with Crippen LogP contribution in [0, 0.1) is 5.92 Å². The zero-order chi connectivity index (χ0) is 14.7. The van der Waals surface area contributed by atoms with Crippen molar-refractivity contribution in [1.29, 1.82) is 0 Å². The number of piperazine rings is 1. The molecule has 3 rings (SSSR count). The summed E-state index contributed by atoms with van der Waals surface area (Å²) in [5.74, 6) is 0.870. The van der Waals surface area contributed by atoms with Crippen molar-refractivity contribution < 1.29 is 4.48 Å². The average Bonchev–Trinajstić information content (AvgIpc) is 2.51. The van der Waals surface area contributed by atoms with E-state index >= 15 is 0 Å². The first kappa shape index (κ1) is 15.1. The third-order valence-corrected chi connectivity index (χ3v) is 5.62. The van der Waals surface area contributed by atoms with Crippen molar-refractivity contribution in [2.24, 2.45) is 5.92 Å². The molecule has 0 spiro atoms.